The maximum absolute atomic E-state index is 13.9. The Morgan fingerprint density at radius 2 is 1.56 bits per heavy atom. The molecule has 1 saturated carbocycles. The minimum absolute atomic E-state index is 0.00487. The molecule has 1 aromatic heterocycles. The van der Waals surface area contributed by atoms with Crippen LogP contribution in [0.15, 0.2) is 66.9 Å². The molecule has 3 aromatic rings. The number of benzene rings is 2. The fourth-order valence-electron chi connectivity index (χ4n) is 5.36. The van der Waals surface area contributed by atoms with Gasteiger partial charge in [-0.3, -0.25) is 9.59 Å². The summed E-state index contributed by atoms with van der Waals surface area (Å²) in [6.45, 7) is 3.61. The van der Waals surface area contributed by atoms with Crippen LogP contribution in [0.3, 0.4) is 0 Å². The fraction of sp³-hybridized carbons (Fsp3) is 0.438. The molecule has 2 amide bonds. The zero-order chi connectivity index (χ0) is 27.6. The van der Waals surface area contributed by atoms with Gasteiger partial charge >= 0.3 is 0 Å². The zero-order valence-electron chi connectivity index (χ0n) is 22.8. The summed E-state index contributed by atoms with van der Waals surface area (Å²) >= 11 is 0. The summed E-state index contributed by atoms with van der Waals surface area (Å²) in [7, 11) is 0. The molecule has 0 atom stereocenters. The number of hydrogen-bond acceptors (Lipinski definition) is 2. The molecule has 208 valence electrons. The lowest BCUT2D eigenvalue weighted by Gasteiger charge is -2.36. The third-order valence-electron chi connectivity index (χ3n) is 7.59. The highest BCUT2D eigenvalue weighted by Gasteiger charge is 2.29. The van der Waals surface area contributed by atoms with E-state index in [1.807, 2.05) is 23.2 Å². The van der Waals surface area contributed by atoms with Crippen LogP contribution in [0.25, 0.3) is 0 Å². The molecule has 0 N–H and O–H groups in total. The number of rotatable bonds is 12. The van der Waals surface area contributed by atoms with E-state index in [4.69, 9.17) is 0 Å². The number of halogens is 2. The van der Waals surface area contributed by atoms with Crippen molar-refractivity contribution in [3.05, 3.63) is 95.3 Å². The summed E-state index contributed by atoms with van der Waals surface area (Å²) in [5, 5.41) is 0. The third-order valence-corrected chi connectivity index (χ3v) is 7.59. The Bertz CT molecular complexity index is 1200. The van der Waals surface area contributed by atoms with Crippen LogP contribution in [-0.4, -0.2) is 45.3 Å². The average Bonchev–Trinajstić information content (AvgIpc) is 3.39. The van der Waals surface area contributed by atoms with Crippen LogP contribution in [0.1, 0.15) is 79.9 Å². The van der Waals surface area contributed by atoms with Crippen molar-refractivity contribution in [1.82, 2.24) is 14.4 Å². The van der Waals surface area contributed by atoms with E-state index in [-0.39, 0.29) is 30.2 Å². The number of amides is 2. The van der Waals surface area contributed by atoms with Crippen LogP contribution in [0, 0.1) is 11.6 Å². The van der Waals surface area contributed by atoms with Gasteiger partial charge in [-0.05, 0) is 73.4 Å². The van der Waals surface area contributed by atoms with E-state index in [1.54, 1.807) is 17.0 Å². The molecule has 0 bridgehead atoms. The van der Waals surface area contributed by atoms with Gasteiger partial charge in [-0.1, -0.05) is 51.2 Å². The quantitative estimate of drug-likeness (QED) is 0.239. The lowest BCUT2D eigenvalue weighted by molar-refractivity contribution is -0.135. The number of hydrogen-bond donors (Lipinski definition) is 0. The Labute approximate surface area is 230 Å². The highest BCUT2D eigenvalue weighted by molar-refractivity contribution is 5.96. The predicted octanol–water partition coefficient (Wildman–Crippen LogP) is 6.81. The van der Waals surface area contributed by atoms with Crippen molar-refractivity contribution in [1.29, 1.82) is 0 Å². The topological polar surface area (TPSA) is 45.6 Å². The number of nitrogens with zero attached hydrogens (tertiary/aromatic N) is 3. The molecule has 0 radical (unpaired) electrons. The Balaban J connectivity index is 1.54. The van der Waals surface area contributed by atoms with E-state index in [0.29, 0.717) is 25.2 Å². The lowest BCUT2D eigenvalue weighted by Crippen LogP contribution is -2.47. The number of aromatic nitrogens is 1. The molecule has 1 aliphatic carbocycles. The monoisotopic (exact) mass is 535 g/mol. The zero-order valence-corrected chi connectivity index (χ0v) is 22.8. The summed E-state index contributed by atoms with van der Waals surface area (Å²) in [5.74, 6) is -0.974. The van der Waals surface area contributed by atoms with Gasteiger partial charge in [-0.25, -0.2) is 8.78 Å². The molecular formula is C32H39F2N3O2. The molecule has 0 unspecified atom stereocenters. The highest BCUT2D eigenvalue weighted by atomic mass is 19.1. The first-order valence-corrected chi connectivity index (χ1v) is 14.2. The van der Waals surface area contributed by atoms with E-state index >= 15 is 0 Å². The van der Waals surface area contributed by atoms with Crippen LogP contribution in [0.2, 0.25) is 0 Å². The van der Waals surface area contributed by atoms with Crippen LogP contribution in [0.4, 0.5) is 8.78 Å². The Morgan fingerprint density at radius 3 is 2.23 bits per heavy atom. The van der Waals surface area contributed by atoms with Gasteiger partial charge in [-0.2, -0.15) is 0 Å². The largest absolute Gasteiger partial charge is 0.345 e. The molecule has 7 heteroatoms. The molecule has 0 saturated heterocycles. The third kappa shape index (κ3) is 8.01. The number of carbonyl (C=O) groups is 2. The first kappa shape index (κ1) is 28.5. The molecule has 39 heavy (non-hydrogen) atoms. The first-order valence-electron chi connectivity index (χ1n) is 14.2. The van der Waals surface area contributed by atoms with Crippen molar-refractivity contribution in [2.45, 2.75) is 77.4 Å². The highest BCUT2D eigenvalue weighted by Crippen LogP contribution is 2.25. The van der Waals surface area contributed by atoms with Gasteiger partial charge in [0.2, 0.25) is 5.91 Å². The van der Waals surface area contributed by atoms with Crippen LogP contribution >= 0.6 is 0 Å². The fourth-order valence-corrected chi connectivity index (χ4v) is 5.36. The predicted molar refractivity (Wildman–Crippen MR) is 149 cm³/mol. The van der Waals surface area contributed by atoms with Gasteiger partial charge < -0.3 is 14.4 Å². The van der Waals surface area contributed by atoms with Gasteiger partial charge in [0.1, 0.15) is 18.2 Å². The second-order valence-electron chi connectivity index (χ2n) is 10.5. The summed E-state index contributed by atoms with van der Waals surface area (Å²) in [6, 6.07) is 16.1. The van der Waals surface area contributed by atoms with Gasteiger partial charge in [0.05, 0.1) is 6.54 Å². The minimum Gasteiger partial charge on any atom is -0.345 e. The number of carbonyl (C=O) groups excluding carboxylic acids is 2. The van der Waals surface area contributed by atoms with Crippen LogP contribution in [0.5, 0.6) is 0 Å². The van der Waals surface area contributed by atoms with Crippen molar-refractivity contribution >= 4 is 11.8 Å². The van der Waals surface area contributed by atoms with Gasteiger partial charge in [0.25, 0.3) is 5.91 Å². The van der Waals surface area contributed by atoms with Gasteiger partial charge in [0, 0.05) is 36.6 Å². The molecule has 1 aliphatic rings. The maximum atomic E-state index is 13.9. The van der Waals surface area contributed by atoms with Gasteiger partial charge in [-0.15, -0.1) is 0 Å². The van der Waals surface area contributed by atoms with Crippen molar-refractivity contribution in [3.8, 4) is 0 Å². The molecule has 0 aliphatic heterocycles. The Morgan fingerprint density at radius 1 is 0.897 bits per heavy atom. The molecule has 0 spiro atoms. The molecular weight excluding hydrogens is 496 g/mol. The molecule has 4 rings (SSSR count). The van der Waals surface area contributed by atoms with Gasteiger partial charge in [0.15, 0.2) is 0 Å². The molecule has 2 aromatic carbocycles. The first-order chi connectivity index (χ1) is 18.9. The maximum Gasteiger partial charge on any atom is 0.254 e. The molecule has 1 heterocycles. The Hall–Kier alpha value is -3.48. The minimum atomic E-state index is -0.396. The SMILES string of the molecule is CCCCCN(CC(=O)N(Cc1cccn1Cc1ccc(F)cc1)C1CCCCC1)C(=O)c1ccc(F)cc1. The second kappa shape index (κ2) is 14.1. The summed E-state index contributed by atoms with van der Waals surface area (Å²) < 4.78 is 29.0. The smallest absolute Gasteiger partial charge is 0.254 e. The van der Waals surface area contributed by atoms with Crippen molar-refractivity contribution in [2.75, 3.05) is 13.1 Å². The van der Waals surface area contributed by atoms with E-state index in [2.05, 4.69) is 11.5 Å². The molecule has 1 fully saturated rings. The van der Waals surface area contributed by atoms with Crippen molar-refractivity contribution in [2.24, 2.45) is 0 Å². The number of unbranched alkanes of at least 4 members (excludes halogenated alkanes) is 2. The van der Waals surface area contributed by atoms with E-state index < -0.39 is 5.82 Å². The van der Waals surface area contributed by atoms with E-state index in [1.165, 1.54) is 42.8 Å². The van der Waals surface area contributed by atoms with Crippen molar-refractivity contribution < 1.29 is 18.4 Å². The summed E-state index contributed by atoms with van der Waals surface area (Å²) in [5.41, 5.74) is 2.37. The van der Waals surface area contributed by atoms with E-state index in [0.717, 1.165) is 56.2 Å². The summed E-state index contributed by atoms with van der Waals surface area (Å²) in [4.78, 5) is 30.9. The Kier molecular flexibility index (Phi) is 10.3. The van der Waals surface area contributed by atoms with E-state index in [9.17, 15) is 18.4 Å². The van der Waals surface area contributed by atoms with Crippen LogP contribution < -0.4 is 0 Å². The normalized spacial score (nSPS) is 13.8. The lowest BCUT2D eigenvalue weighted by atomic mass is 9.94. The van der Waals surface area contributed by atoms with Crippen LogP contribution in [-0.2, 0) is 17.9 Å². The summed E-state index contributed by atoms with van der Waals surface area (Å²) in [6.07, 6.45) is 10.00. The van der Waals surface area contributed by atoms with Crippen molar-refractivity contribution in [3.63, 3.8) is 0 Å². The average molecular weight is 536 g/mol. The molecule has 5 nitrogen and oxygen atoms in total. The standard InChI is InChI=1S/C32H39F2N3O2/c1-2-3-7-20-36(32(39)26-14-18-28(34)19-15-26)24-31(38)37(29-9-5-4-6-10-29)23-30-11-8-21-35(30)22-25-12-16-27(33)17-13-25/h8,11-19,21,29H,2-7,9-10,20,22-24H2,1H3. The second-order valence-corrected chi connectivity index (χ2v) is 10.5.